The average molecular weight is 535 g/mol. The maximum atomic E-state index is 13.7. The highest BCUT2D eigenvalue weighted by Crippen LogP contribution is 2.31. The zero-order valence-electron chi connectivity index (χ0n) is 20.4. The van der Waals surface area contributed by atoms with Crippen LogP contribution in [0.3, 0.4) is 0 Å². The van der Waals surface area contributed by atoms with Crippen LogP contribution in [0, 0.1) is 0 Å². The number of allylic oxidation sites excluding steroid dienone is 1. The Balaban J connectivity index is 1.63. The molecule has 9 heteroatoms. The number of fused-ring (bicyclic) bond motifs is 1. The Morgan fingerprint density at radius 1 is 1.19 bits per heavy atom. The van der Waals surface area contributed by atoms with Gasteiger partial charge in [0.25, 0.3) is 5.56 Å². The molecule has 188 valence electrons. The maximum Gasteiger partial charge on any atom is 0.338 e. The van der Waals surface area contributed by atoms with Crippen molar-refractivity contribution in [1.82, 2.24) is 4.57 Å². The maximum absolute atomic E-state index is 13.7. The molecule has 0 N–H and O–H groups in total. The molecule has 0 fully saturated rings. The molecular formula is C28H23ClN2O5S. The van der Waals surface area contributed by atoms with Crippen LogP contribution in [-0.2, 0) is 9.53 Å². The molecule has 1 atom stereocenters. The fraction of sp³-hybridized carbons (Fsp3) is 0.179. The summed E-state index contributed by atoms with van der Waals surface area (Å²) in [6, 6.07) is 17.5. The predicted molar refractivity (Wildman–Crippen MR) is 143 cm³/mol. The number of furan rings is 1. The van der Waals surface area contributed by atoms with E-state index in [-0.39, 0.29) is 12.2 Å². The van der Waals surface area contributed by atoms with Crippen LogP contribution in [0.25, 0.3) is 17.4 Å². The first-order valence-electron chi connectivity index (χ1n) is 11.6. The summed E-state index contributed by atoms with van der Waals surface area (Å²) in [5.74, 6) is 1.32. The lowest BCUT2D eigenvalue weighted by Crippen LogP contribution is -2.39. The van der Waals surface area contributed by atoms with Gasteiger partial charge in [0.2, 0.25) is 0 Å². The van der Waals surface area contributed by atoms with Crippen LogP contribution in [0.4, 0.5) is 0 Å². The lowest BCUT2D eigenvalue weighted by atomic mass is 9.96. The quantitative estimate of drug-likeness (QED) is 0.334. The molecular weight excluding hydrogens is 512 g/mol. The van der Waals surface area contributed by atoms with Gasteiger partial charge in [0.1, 0.15) is 17.3 Å². The number of rotatable bonds is 6. The molecule has 1 aliphatic rings. The monoisotopic (exact) mass is 534 g/mol. The van der Waals surface area contributed by atoms with Crippen molar-refractivity contribution in [2.45, 2.75) is 19.9 Å². The molecule has 0 bridgehead atoms. The van der Waals surface area contributed by atoms with Crippen molar-refractivity contribution in [3.05, 3.63) is 108 Å². The second kappa shape index (κ2) is 10.2. The summed E-state index contributed by atoms with van der Waals surface area (Å²) in [7, 11) is 1.58. The van der Waals surface area contributed by atoms with Crippen molar-refractivity contribution in [3.8, 4) is 17.1 Å². The van der Waals surface area contributed by atoms with Crippen LogP contribution < -0.4 is 19.6 Å². The number of esters is 1. The summed E-state index contributed by atoms with van der Waals surface area (Å²) in [6.45, 7) is 3.71. The van der Waals surface area contributed by atoms with Crippen LogP contribution in [0.5, 0.6) is 5.75 Å². The third kappa shape index (κ3) is 4.77. The van der Waals surface area contributed by atoms with Crippen LogP contribution in [0.1, 0.15) is 31.2 Å². The second-order valence-corrected chi connectivity index (χ2v) is 9.73. The molecule has 1 aliphatic heterocycles. The van der Waals surface area contributed by atoms with Gasteiger partial charge in [0.15, 0.2) is 4.80 Å². The minimum absolute atomic E-state index is 0.211. The highest BCUT2D eigenvalue weighted by Gasteiger charge is 2.33. The number of aromatic nitrogens is 1. The van der Waals surface area contributed by atoms with E-state index in [0.29, 0.717) is 42.9 Å². The first-order valence-corrected chi connectivity index (χ1v) is 12.8. The Morgan fingerprint density at radius 3 is 2.68 bits per heavy atom. The second-order valence-electron chi connectivity index (χ2n) is 8.29. The van der Waals surface area contributed by atoms with Gasteiger partial charge in [-0.05, 0) is 55.8 Å². The fourth-order valence-corrected chi connectivity index (χ4v) is 5.47. The summed E-state index contributed by atoms with van der Waals surface area (Å²) in [6.07, 6.45) is 1.69. The molecule has 2 aromatic heterocycles. The molecule has 37 heavy (non-hydrogen) atoms. The van der Waals surface area contributed by atoms with Gasteiger partial charge in [0, 0.05) is 16.7 Å². The van der Waals surface area contributed by atoms with E-state index < -0.39 is 12.0 Å². The Bertz CT molecular complexity index is 1700. The van der Waals surface area contributed by atoms with E-state index in [1.807, 2.05) is 36.4 Å². The van der Waals surface area contributed by atoms with E-state index in [1.54, 1.807) is 55.9 Å². The zero-order valence-corrected chi connectivity index (χ0v) is 21.9. The summed E-state index contributed by atoms with van der Waals surface area (Å²) in [5, 5.41) is 0.607. The predicted octanol–water partition coefficient (Wildman–Crippen LogP) is 4.72. The van der Waals surface area contributed by atoms with Crippen molar-refractivity contribution in [1.29, 1.82) is 0 Å². The molecule has 2 aromatic carbocycles. The first-order chi connectivity index (χ1) is 17.9. The van der Waals surface area contributed by atoms with Crippen molar-refractivity contribution < 1.29 is 18.7 Å². The van der Waals surface area contributed by atoms with E-state index >= 15 is 0 Å². The van der Waals surface area contributed by atoms with Crippen molar-refractivity contribution in [3.63, 3.8) is 0 Å². The first kappa shape index (κ1) is 24.8. The van der Waals surface area contributed by atoms with Crippen LogP contribution >= 0.6 is 22.9 Å². The van der Waals surface area contributed by atoms with Gasteiger partial charge in [0.05, 0.1) is 35.6 Å². The molecule has 0 saturated carbocycles. The molecule has 3 heterocycles. The van der Waals surface area contributed by atoms with Crippen molar-refractivity contribution >= 4 is 35.0 Å². The number of hydrogen-bond donors (Lipinski definition) is 0. The van der Waals surface area contributed by atoms with Crippen LogP contribution in [0.2, 0.25) is 5.02 Å². The fourth-order valence-electron chi connectivity index (χ4n) is 4.25. The normalized spacial score (nSPS) is 15.4. The largest absolute Gasteiger partial charge is 0.497 e. The third-order valence-electron chi connectivity index (χ3n) is 5.96. The van der Waals surface area contributed by atoms with E-state index in [4.69, 9.17) is 25.5 Å². The topological polar surface area (TPSA) is 83.0 Å². The summed E-state index contributed by atoms with van der Waals surface area (Å²) in [4.78, 5) is 31.8. The van der Waals surface area contributed by atoms with Crippen LogP contribution in [-0.4, -0.2) is 24.3 Å². The molecule has 4 aromatic rings. The lowest BCUT2D eigenvalue weighted by molar-refractivity contribution is -0.139. The minimum atomic E-state index is -0.693. The van der Waals surface area contributed by atoms with E-state index in [9.17, 15) is 9.59 Å². The smallest absolute Gasteiger partial charge is 0.338 e. The number of methoxy groups -OCH3 is 1. The number of carbonyl (C=O) groups is 1. The van der Waals surface area contributed by atoms with Gasteiger partial charge in [-0.15, -0.1) is 0 Å². The molecule has 0 amide bonds. The van der Waals surface area contributed by atoms with Crippen molar-refractivity contribution in [2.75, 3.05) is 13.7 Å². The Hall–Kier alpha value is -3.88. The molecule has 0 aliphatic carbocycles. The number of carbonyl (C=O) groups excluding carboxylic acids is 1. The molecule has 0 spiro atoms. The number of benzene rings is 2. The highest BCUT2D eigenvalue weighted by atomic mass is 35.5. The van der Waals surface area contributed by atoms with Gasteiger partial charge in [-0.1, -0.05) is 47.2 Å². The molecule has 0 radical (unpaired) electrons. The van der Waals surface area contributed by atoms with E-state index in [0.717, 1.165) is 11.1 Å². The SMILES string of the molecule is CCOC(=O)C1=C(C)N=c2s/c(=C\c3ccc(-c4cccc(Cl)c4)o3)c(=O)n2[C@@H]1c1ccc(OC)cc1. The zero-order chi connectivity index (χ0) is 26.1. The average Bonchev–Trinajstić information content (AvgIpc) is 3.48. The standard InChI is InChI=1S/C28H23ClN2O5S/c1-4-35-27(33)24-16(2)30-28-31(25(24)17-8-10-20(34-3)11-9-17)26(32)23(37-28)15-21-12-13-22(36-21)18-6-5-7-19(29)14-18/h5-15,25H,4H2,1-3H3/b23-15-/t25-/m1/s1. The number of halogens is 1. The number of nitrogens with zero attached hydrogens (tertiary/aromatic N) is 2. The van der Waals surface area contributed by atoms with Crippen LogP contribution in [0.15, 0.2) is 86.1 Å². The summed E-state index contributed by atoms with van der Waals surface area (Å²) >= 11 is 7.35. The van der Waals surface area contributed by atoms with E-state index in [1.165, 1.54) is 11.3 Å². The number of ether oxygens (including phenoxy) is 2. The van der Waals surface area contributed by atoms with E-state index in [2.05, 4.69) is 4.99 Å². The van der Waals surface area contributed by atoms with Gasteiger partial charge in [-0.2, -0.15) is 0 Å². The third-order valence-corrected chi connectivity index (χ3v) is 7.18. The lowest BCUT2D eigenvalue weighted by Gasteiger charge is -2.24. The Morgan fingerprint density at radius 2 is 1.97 bits per heavy atom. The van der Waals surface area contributed by atoms with Gasteiger partial charge in [-0.25, -0.2) is 9.79 Å². The summed E-state index contributed by atoms with van der Waals surface area (Å²) in [5.41, 5.74) is 2.13. The molecule has 0 saturated heterocycles. The van der Waals surface area contributed by atoms with Gasteiger partial charge >= 0.3 is 5.97 Å². The van der Waals surface area contributed by atoms with Crippen molar-refractivity contribution in [2.24, 2.45) is 4.99 Å². The molecule has 5 rings (SSSR count). The minimum Gasteiger partial charge on any atom is -0.497 e. The number of thiazole rings is 1. The van der Waals surface area contributed by atoms with Gasteiger partial charge in [-0.3, -0.25) is 9.36 Å². The Kier molecular flexibility index (Phi) is 6.86. The number of hydrogen-bond acceptors (Lipinski definition) is 7. The molecule has 0 unspecified atom stereocenters. The highest BCUT2D eigenvalue weighted by molar-refractivity contribution is 7.07. The Labute approximate surface area is 221 Å². The summed E-state index contributed by atoms with van der Waals surface area (Å²) < 4.78 is 18.6. The molecule has 7 nitrogen and oxygen atoms in total. The van der Waals surface area contributed by atoms with Gasteiger partial charge < -0.3 is 13.9 Å².